The largest absolute Gasteiger partial charge is 0.483 e. The van der Waals surface area contributed by atoms with Crippen molar-refractivity contribution in [1.82, 2.24) is 9.97 Å². The predicted molar refractivity (Wildman–Crippen MR) is 84.6 cm³/mol. The average molecular weight is 437 g/mol. The Hall–Kier alpha value is -1.25. The summed E-state index contributed by atoms with van der Waals surface area (Å²) in [6.45, 7) is 1.89. The molecule has 1 heterocycles. The van der Waals surface area contributed by atoms with Crippen LogP contribution in [0.2, 0.25) is 5.15 Å². The Bertz CT molecular complexity index is 669. The van der Waals surface area contributed by atoms with E-state index >= 15 is 0 Å². The summed E-state index contributed by atoms with van der Waals surface area (Å²) in [5.41, 5.74) is 0.686. The molecule has 0 aliphatic carbocycles. The van der Waals surface area contributed by atoms with Gasteiger partial charge in [-0.1, -0.05) is 11.6 Å². The fraction of sp³-hybridized carbons (Fsp3) is 0.167. The summed E-state index contributed by atoms with van der Waals surface area (Å²) in [4.78, 5) is 18.5. The number of halogens is 3. The first-order valence-electron chi connectivity index (χ1n) is 5.63. The van der Waals surface area contributed by atoms with E-state index in [-0.39, 0.29) is 12.3 Å². The van der Waals surface area contributed by atoms with Crippen molar-refractivity contribution in [2.45, 2.75) is 13.5 Å². The van der Waals surface area contributed by atoms with E-state index < -0.39 is 4.92 Å². The normalized spacial score (nSPS) is 10.5. The maximum absolute atomic E-state index is 10.8. The molecule has 0 aliphatic heterocycles. The highest BCUT2D eigenvalue weighted by Crippen LogP contribution is 2.37. The lowest BCUT2D eigenvalue weighted by Crippen LogP contribution is -2.04. The molecule has 0 saturated carbocycles. The highest BCUT2D eigenvalue weighted by Gasteiger charge is 2.15. The monoisotopic (exact) mass is 435 g/mol. The highest BCUT2D eigenvalue weighted by atomic mass is 79.9. The first kappa shape index (κ1) is 16.1. The van der Waals surface area contributed by atoms with Crippen LogP contribution in [0.25, 0.3) is 0 Å². The smallest absolute Gasteiger partial charge is 0.271 e. The maximum Gasteiger partial charge on any atom is 0.271 e. The number of ether oxygens (including phenoxy) is 1. The second-order valence-corrected chi connectivity index (χ2v) is 6.13. The Balaban J connectivity index is 2.22. The van der Waals surface area contributed by atoms with Gasteiger partial charge in [-0.25, -0.2) is 9.97 Å². The second kappa shape index (κ2) is 6.67. The van der Waals surface area contributed by atoms with Crippen molar-refractivity contribution in [3.05, 3.63) is 53.9 Å². The van der Waals surface area contributed by atoms with Gasteiger partial charge >= 0.3 is 0 Å². The molecule has 0 radical (unpaired) electrons. The van der Waals surface area contributed by atoms with Gasteiger partial charge < -0.3 is 4.74 Å². The van der Waals surface area contributed by atoms with Crippen molar-refractivity contribution in [2.75, 3.05) is 0 Å². The van der Waals surface area contributed by atoms with Crippen molar-refractivity contribution in [3.8, 4) is 5.75 Å². The number of nitro groups is 1. The van der Waals surface area contributed by atoms with Crippen LogP contribution in [0.3, 0.4) is 0 Å². The molecule has 0 N–H and O–H groups in total. The summed E-state index contributed by atoms with van der Waals surface area (Å²) in [5.74, 6) is 0.860. The number of non-ortho nitro benzene ring substituents is 1. The van der Waals surface area contributed by atoms with Crippen LogP contribution in [0.1, 0.15) is 11.5 Å². The lowest BCUT2D eigenvalue weighted by molar-refractivity contribution is -0.385. The predicted octanol–water partition coefficient (Wildman–Crippen LogP) is 4.45. The van der Waals surface area contributed by atoms with Gasteiger partial charge in [0.1, 0.15) is 17.5 Å². The van der Waals surface area contributed by atoms with E-state index in [1.165, 1.54) is 12.1 Å². The minimum absolute atomic E-state index is 0.0454. The minimum Gasteiger partial charge on any atom is -0.483 e. The number of hydrogen-bond donors (Lipinski definition) is 0. The average Bonchev–Trinajstić information content (AvgIpc) is 2.36. The zero-order valence-electron chi connectivity index (χ0n) is 10.6. The first-order valence-corrected chi connectivity index (χ1v) is 7.59. The molecule has 1 aromatic heterocycles. The van der Waals surface area contributed by atoms with E-state index in [0.29, 0.717) is 25.7 Å². The molecule has 0 amide bonds. The molecule has 0 atom stereocenters. The van der Waals surface area contributed by atoms with Gasteiger partial charge in [-0.05, 0) is 44.8 Å². The number of aryl methyl sites for hydroxylation is 1. The van der Waals surface area contributed by atoms with E-state index in [9.17, 15) is 10.1 Å². The highest BCUT2D eigenvalue weighted by molar-refractivity contribution is 9.11. The third kappa shape index (κ3) is 4.12. The maximum atomic E-state index is 10.8. The molecule has 0 saturated heterocycles. The third-order valence-electron chi connectivity index (χ3n) is 2.41. The number of nitro benzene ring substituents is 1. The zero-order valence-corrected chi connectivity index (χ0v) is 14.6. The van der Waals surface area contributed by atoms with Crippen LogP contribution in [0, 0.1) is 17.0 Å². The van der Waals surface area contributed by atoms with Crippen LogP contribution in [0.5, 0.6) is 5.75 Å². The van der Waals surface area contributed by atoms with Gasteiger partial charge in [0.05, 0.1) is 13.9 Å². The van der Waals surface area contributed by atoms with Crippen molar-refractivity contribution >= 4 is 49.1 Å². The Labute approximate surface area is 141 Å². The molecule has 0 fully saturated rings. The molecular weight excluding hydrogens is 429 g/mol. The lowest BCUT2D eigenvalue weighted by Gasteiger charge is -2.10. The SMILES string of the molecule is Cc1cc(Cl)nc(COc2c(Br)cc([N+](=O)[O-])cc2Br)n1. The number of aromatic nitrogens is 2. The van der Waals surface area contributed by atoms with Gasteiger partial charge in [0.2, 0.25) is 0 Å². The van der Waals surface area contributed by atoms with E-state index in [0.717, 1.165) is 5.69 Å². The van der Waals surface area contributed by atoms with E-state index in [4.69, 9.17) is 16.3 Å². The number of benzene rings is 1. The van der Waals surface area contributed by atoms with Crippen molar-refractivity contribution in [3.63, 3.8) is 0 Å². The van der Waals surface area contributed by atoms with Crippen LogP contribution in [-0.2, 0) is 6.61 Å². The molecule has 6 nitrogen and oxygen atoms in total. The molecule has 2 aromatic rings. The third-order valence-corrected chi connectivity index (χ3v) is 3.78. The second-order valence-electron chi connectivity index (χ2n) is 4.03. The van der Waals surface area contributed by atoms with Crippen molar-refractivity contribution < 1.29 is 9.66 Å². The summed E-state index contributed by atoms with van der Waals surface area (Å²) in [6, 6.07) is 4.37. The van der Waals surface area contributed by atoms with Gasteiger partial charge in [0, 0.05) is 17.8 Å². The molecule has 9 heteroatoms. The quantitative estimate of drug-likeness (QED) is 0.401. The summed E-state index contributed by atoms with van der Waals surface area (Å²) in [7, 11) is 0. The molecule has 0 bridgehead atoms. The lowest BCUT2D eigenvalue weighted by atomic mass is 10.3. The first-order chi connectivity index (χ1) is 9.86. The van der Waals surface area contributed by atoms with Gasteiger partial charge in [0.25, 0.3) is 5.69 Å². The molecule has 1 aromatic carbocycles. The molecular formula is C12H8Br2ClN3O3. The molecule has 0 spiro atoms. The van der Waals surface area contributed by atoms with Crippen LogP contribution in [-0.4, -0.2) is 14.9 Å². The molecule has 0 unspecified atom stereocenters. The Morgan fingerprint density at radius 2 is 1.90 bits per heavy atom. The summed E-state index contributed by atoms with van der Waals surface area (Å²) in [5, 5.41) is 11.1. The number of nitrogens with zero attached hydrogens (tertiary/aromatic N) is 3. The van der Waals surface area contributed by atoms with E-state index in [1.54, 1.807) is 13.0 Å². The molecule has 110 valence electrons. The fourth-order valence-electron chi connectivity index (χ4n) is 1.58. The summed E-state index contributed by atoms with van der Waals surface area (Å²) in [6.07, 6.45) is 0. The Kier molecular flexibility index (Phi) is 5.13. The van der Waals surface area contributed by atoms with Crippen LogP contribution in [0.4, 0.5) is 5.69 Å². The van der Waals surface area contributed by atoms with Crippen LogP contribution in [0.15, 0.2) is 27.1 Å². The molecule has 0 aliphatic rings. The summed E-state index contributed by atoms with van der Waals surface area (Å²) >= 11 is 12.3. The van der Waals surface area contributed by atoms with Crippen LogP contribution < -0.4 is 4.74 Å². The van der Waals surface area contributed by atoms with Gasteiger partial charge in [-0.3, -0.25) is 10.1 Å². The molecule has 21 heavy (non-hydrogen) atoms. The summed E-state index contributed by atoms with van der Waals surface area (Å²) < 4.78 is 6.52. The molecule has 2 rings (SSSR count). The van der Waals surface area contributed by atoms with Gasteiger partial charge in [-0.15, -0.1) is 0 Å². The Morgan fingerprint density at radius 3 is 2.43 bits per heavy atom. The van der Waals surface area contributed by atoms with Gasteiger partial charge in [0.15, 0.2) is 5.82 Å². The Morgan fingerprint density at radius 1 is 1.29 bits per heavy atom. The standard InChI is InChI=1S/C12H8Br2ClN3O3/c1-6-2-10(15)17-11(16-6)5-21-12-8(13)3-7(18(19)20)4-9(12)14/h2-4H,5H2,1H3. The van der Waals surface area contributed by atoms with E-state index in [2.05, 4.69) is 41.8 Å². The topological polar surface area (TPSA) is 78.2 Å². The minimum atomic E-state index is -0.483. The van der Waals surface area contributed by atoms with Crippen molar-refractivity contribution in [2.24, 2.45) is 0 Å². The fourth-order valence-corrected chi connectivity index (χ4v) is 3.23. The van der Waals surface area contributed by atoms with Crippen LogP contribution >= 0.6 is 43.5 Å². The number of hydrogen-bond acceptors (Lipinski definition) is 5. The van der Waals surface area contributed by atoms with Gasteiger partial charge in [-0.2, -0.15) is 0 Å². The van der Waals surface area contributed by atoms with Crippen molar-refractivity contribution in [1.29, 1.82) is 0 Å². The zero-order chi connectivity index (χ0) is 15.6. The number of rotatable bonds is 4. The van der Waals surface area contributed by atoms with E-state index in [1.807, 2.05) is 0 Å².